The van der Waals surface area contributed by atoms with Crippen molar-refractivity contribution in [3.63, 3.8) is 0 Å². The van der Waals surface area contributed by atoms with Crippen molar-refractivity contribution in [1.29, 1.82) is 0 Å². The topological polar surface area (TPSA) is 108 Å². The Balaban J connectivity index is 1.36. The number of aliphatic carboxylic acids is 1. The molecule has 38 heavy (non-hydrogen) atoms. The Morgan fingerprint density at radius 1 is 1.05 bits per heavy atom. The van der Waals surface area contributed by atoms with E-state index in [1.165, 1.54) is 5.01 Å². The molecular weight excluding hydrogens is 482 g/mol. The average molecular weight is 520 g/mol. The number of benzene rings is 2. The summed E-state index contributed by atoms with van der Waals surface area (Å²) in [6.07, 6.45) is 4.61. The number of amides is 2. The summed E-state index contributed by atoms with van der Waals surface area (Å²) in [5.41, 5.74) is 2.68. The van der Waals surface area contributed by atoms with Crippen LogP contribution in [0.1, 0.15) is 75.0 Å². The number of carbonyl (C=O) groups is 3. The van der Waals surface area contributed by atoms with E-state index in [-0.39, 0.29) is 42.7 Å². The van der Waals surface area contributed by atoms with E-state index in [4.69, 9.17) is 9.84 Å². The van der Waals surface area contributed by atoms with E-state index in [1.807, 2.05) is 68.4 Å². The molecule has 2 aromatic carbocycles. The highest BCUT2D eigenvalue weighted by molar-refractivity contribution is 5.97. The summed E-state index contributed by atoms with van der Waals surface area (Å²) in [4.78, 5) is 36.6. The van der Waals surface area contributed by atoms with Crippen molar-refractivity contribution in [3.05, 3.63) is 71.3 Å². The number of carbonyl (C=O) groups excluding carboxylic acids is 2. The van der Waals surface area contributed by atoms with Gasteiger partial charge in [0.25, 0.3) is 5.91 Å². The molecule has 0 spiro atoms. The Hall–Kier alpha value is -3.68. The van der Waals surface area contributed by atoms with Gasteiger partial charge in [-0.05, 0) is 67.2 Å². The molecule has 0 radical (unpaired) electrons. The van der Waals surface area contributed by atoms with Gasteiger partial charge in [0.15, 0.2) is 6.61 Å². The number of rotatable bonds is 10. The molecule has 2 N–H and O–H groups in total. The molecule has 2 aliphatic rings. The first-order valence-electron chi connectivity index (χ1n) is 13.5. The van der Waals surface area contributed by atoms with Gasteiger partial charge in [0.2, 0.25) is 11.8 Å². The quantitative estimate of drug-likeness (QED) is 0.474. The van der Waals surface area contributed by atoms with E-state index in [9.17, 15) is 14.4 Å². The van der Waals surface area contributed by atoms with Gasteiger partial charge in [0, 0.05) is 18.0 Å². The van der Waals surface area contributed by atoms with Crippen LogP contribution >= 0.6 is 0 Å². The first-order valence-corrected chi connectivity index (χ1v) is 13.5. The minimum absolute atomic E-state index is 0.0298. The third-order valence-electron chi connectivity index (χ3n) is 7.43. The molecule has 202 valence electrons. The lowest BCUT2D eigenvalue weighted by molar-refractivity contribution is -0.137. The summed E-state index contributed by atoms with van der Waals surface area (Å²) < 4.78 is 5.53. The van der Waals surface area contributed by atoms with Gasteiger partial charge in [-0.1, -0.05) is 56.3 Å². The largest absolute Gasteiger partial charge is 0.481 e. The first-order chi connectivity index (χ1) is 18.3. The van der Waals surface area contributed by atoms with Gasteiger partial charge in [0.1, 0.15) is 0 Å². The van der Waals surface area contributed by atoms with Crippen molar-refractivity contribution in [3.8, 4) is 0 Å². The molecule has 1 saturated carbocycles. The van der Waals surface area contributed by atoms with Crippen molar-refractivity contribution >= 4 is 23.7 Å². The van der Waals surface area contributed by atoms with Crippen LogP contribution in [0.25, 0.3) is 0 Å². The van der Waals surface area contributed by atoms with Gasteiger partial charge in [-0.15, -0.1) is 5.10 Å². The van der Waals surface area contributed by atoms with E-state index in [1.54, 1.807) is 0 Å². The minimum Gasteiger partial charge on any atom is -0.481 e. The van der Waals surface area contributed by atoms with Crippen molar-refractivity contribution < 1.29 is 24.2 Å². The maximum Gasteiger partial charge on any atom is 0.303 e. The average Bonchev–Trinajstić information content (AvgIpc) is 2.91. The Morgan fingerprint density at radius 2 is 1.74 bits per heavy atom. The number of nitrogens with zero attached hydrogens (tertiary/aromatic N) is 2. The number of ether oxygens (including phenoxy) is 1. The van der Waals surface area contributed by atoms with Crippen molar-refractivity contribution in [2.45, 2.75) is 70.9 Å². The molecule has 0 saturated heterocycles. The van der Waals surface area contributed by atoms with Gasteiger partial charge in [0.05, 0.1) is 12.5 Å². The van der Waals surface area contributed by atoms with Crippen LogP contribution in [0.5, 0.6) is 0 Å². The molecule has 2 aromatic rings. The van der Waals surface area contributed by atoms with Crippen LogP contribution in [0.3, 0.4) is 0 Å². The SMILES string of the molecule is CC(C)C(C(=O)N[C@H]1CC[C@H](CCC(=O)O)CC1)c1ccc(CN2N=C(c3ccccc3)OCC2=O)cc1. The smallest absolute Gasteiger partial charge is 0.303 e. The molecule has 4 rings (SSSR count). The van der Waals surface area contributed by atoms with Gasteiger partial charge < -0.3 is 15.2 Å². The molecule has 2 amide bonds. The third kappa shape index (κ3) is 7.21. The maximum absolute atomic E-state index is 13.3. The van der Waals surface area contributed by atoms with Gasteiger partial charge in [-0.2, -0.15) is 0 Å². The molecule has 1 unspecified atom stereocenters. The fraction of sp³-hybridized carbons (Fsp3) is 0.467. The lowest BCUT2D eigenvalue weighted by Gasteiger charge is -2.31. The monoisotopic (exact) mass is 519 g/mol. The summed E-state index contributed by atoms with van der Waals surface area (Å²) in [7, 11) is 0. The molecule has 1 fully saturated rings. The lowest BCUT2D eigenvalue weighted by Crippen LogP contribution is -2.41. The highest BCUT2D eigenvalue weighted by atomic mass is 16.5. The van der Waals surface area contributed by atoms with Crippen LogP contribution in [0.2, 0.25) is 0 Å². The summed E-state index contributed by atoms with van der Waals surface area (Å²) >= 11 is 0. The highest BCUT2D eigenvalue weighted by Crippen LogP contribution is 2.30. The van der Waals surface area contributed by atoms with E-state index >= 15 is 0 Å². The van der Waals surface area contributed by atoms with Crippen LogP contribution in [0, 0.1) is 11.8 Å². The first kappa shape index (κ1) is 27.4. The van der Waals surface area contributed by atoms with Gasteiger partial charge in [-0.25, -0.2) is 5.01 Å². The van der Waals surface area contributed by atoms with E-state index in [0.29, 0.717) is 24.8 Å². The molecule has 0 bridgehead atoms. The summed E-state index contributed by atoms with van der Waals surface area (Å²) in [5.74, 6) is -0.220. The van der Waals surface area contributed by atoms with Crippen molar-refractivity contribution in [2.24, 2.45) is 16.9 Å². The van der Waals surface area contributed by atoms with Crippen molar-refractivity contribution in [1.82, 2.24) is 10.3 Å². The second kappa shape index (κ2) is 12.7. The van der Waals surface area contributed by atoms with Crippen LogP contribution in [-0.2, 0) is 25.7 Å². The number of carboxylic acids is 1. The molecule has 1 aliphatic carbocycles. The molecule has 8 heteroatoms. The normalized spacial score (nSPS) is 20.4. The number of nitrogens with one attached hydrogen (secondary N) is 1. The van der Waals surface area contributed by atoms with E-state index < -0.39 is 5.97 Å². The second-order valence-electron chi connectivity index (χ2n) is 10.6. The minimum atomic E-state index is -0.743. The number of hydrazone groups is 1. The Kier molecular flexibility index (Phi) is 9.15. The predicted octanol–water partition coefficient (Wildman–Crippen LogP) is 4.69. The van der Waals surface area contributed by atoms with Crippen LogP contribution in [-0.4, -0.2) is 46.4 Å². The second-order valence-corrected chi connectivity index (χ2v) is 10.6. The van der Waals surface area contributed by atoms with Crippen molar-refractivity contribution in [2.75, 3.05) is 6.61 Å². The molecule has 8 nitrogen and oxygen atoms in total. The van der Waals surface area contributed by atoms with Gasteiger partial charge in [-0.3, -0.25) is 14.4 Å². The number of hydrogen-bond acceptors (Lipinski definition) is 5. The standard InChI is InChI=1S/C30H37N3O5/c1-20(2)28(29(37)31-25-15-10-21(11-16-25)12-17-27(35)36)23-13-8-22(9-14-23)18-33-26(34)19-38-30(32-33)24-6-4-3-5-7-24/h3-9,13-14,20-21,25,28H,10-12,15-19H2,1-2H3,(H,31,37)(H,35,36)/t21-,25-,28?. The molecule has 1 aliphatic heterocycles. The van der Waals surface area contributed by atoms with Crippen LogP contribution in [0.4, 0.5) is 0 Å². The predicted molar refractivity (Wildman–Crippen MR) is 144 cm³/mol. The van der Waals surface area contributed by atoms with E-state index in [0.717, 1.165) is 42.4 Å². The fourth-order valence-corrected chi connectivity index (χ4v) is 5.30. The van der Waals surface area contributed by atoms with Crippen LogP contribution < -0.4 is 5.32 Å². The highest BCUT2D eigenvalue weighted by Gasteiger charge is 2.29. The van der Waals surface area contributed by atoms with E-state index in [2.05, 4.69) is 10.4 Å². The summed E-state index contributed by atoms with van der Waals surface area (Å²) in [5, 5.41) is 18.0. The zero-order chi connectivity index (χ0) is 27.1. The molecule has 1 atom stereocenters. The zero-order valence-electron chi connectivity index (χ0n) is 22.1. The Morgan fingerprint density at radius 3 is 2.37 bits per heavy atom. The van der Waals surface area contributed by atoms with Gasteiger partial charge >= 0.3 is 5.97 Å². The Labute approximate surface area is 224 Å². The summed E-state index contributed by atoms with van der Waals surface area (Å²) in [6, 6.07) is 17.5. The number of carboxylic acid groups (broad SMARTS) is 1. The van der Waals surface area contributed by atoms with Crippen LogP contribution in [0.15, 0.2) is 59.7 Å². The fourth-order valence-electron chi connectivity index (χ4n) is 5.30. The molecule has 1 heterocycles. The third-order valence-corrected chi connectivity index (χ3v) is 7.43. The molecule has 0 aromatic heterocycles. The molecular formula is C30H37N3O5. The zero-order valence-corrected chi connectivity index (χ0v) is 22.1. The summed E-state index contributed by atoms with van der Waals surface area (Å²) in [6.45, 7) is 4.37. The maximum atomic E-state index is 13.3. The lowest BCUT2D eigenvalue weighted by atomic mass is 9.82. The Bertz CT molecular complexity index is 1140. The number of hydrogen-bond donors (Lipinski definition) is 2.